The molecule has 70 heavy (non-hydrogen) atoms. The number of aromatic amines is 2. The molecule has 11 aromatic rings. The first kappa shape index (κ1) is 41.8. The second kappa shape index (κ2) is 14.3. The largest absolute Gasteiger partial charge is 0.324 e. The predicted octanol–water partition coefficient (Wildman–Crippen LogP) is 15.2. The van der Waals surface area contributed by atoms with E-state index in [1.54, 1.807) is 0 Å². The zero-order valence-corrected chi connectivity index (χ0v) is 40.7. The summed E-state index contributed by atoms with van der Waals surface area (Å²) in [4.78, 5) is 39.7. The highest BCUT2D eigenvalue weighted by Crippen LogP contribution is 2.42. The van der Waals surface area contributed by atoms with Crippen LogP contribution in [0.1, 0.15) is 84.6 Å². The van der Waals surface area contributed by atoms with E-state index in [2.05, 4.69) is 181 Å². The van der Waals surface area contributed by atoms with Gasteiger partial charge in [-0.15, -0.1) is 0 Å². The SMILES string of the molecule is CC(C)(C)c1ccc2cc3c(cc2c1)-c1nc-3nc2[nH]c(nc3nc(nc4[nH]c(n1)c1cc5ccc(C#N)cc5cc41)-c1cc4ccc(C(C)(C)C)cc4cc1-3)c1cc3ccc(C(C)(C)C)cc3cc21. The molecule has 0 spiro atoms. The lowest BCUT2D eigenvalue weighted by atomic mass is 9.85. The predicted molar refractivity (Wildman–Crippen MR) is 287 cm³/mol. The Labute approximate surface area is 404 Å². The molecule has 5 heterocycles. The molecule has 0 unspecified atom stereocenters. The van der Waals surface area contributed by atoms with Crippen molar-refractivity contribution in [2.75, 3.05) is 0 Å². The standard InChI is InChI=1S/C61H49N9/c1-59(2,3)40-15-12-33-23-44-48(27-37(33)19-40)57-66-52(44)64-55-47-26-36-18-31(30-62)10-11-32(36)22-43(47)51(63-55)65-56-49-28-38-20-41(60(4,5)6)16-13-34(38)24-45(49)53(67-56)69-58-50-29-39-21-42(61(7,8)9)17-14-35(39)25-46(50)54(68-57)70-58/h10-29H,1-9H3,(H2,63,64,65,66,67,68,69,70). The molecule has 2 aliphatic heterocycles. The van der Waals surface area contributed by atoms with E-state index in [9.17, 15) is 5.26 Å². The number of hydrogen-bond donors (Lipinski definition) is 2. The van der Waals surface area contributed by atoms with E-state index in [0.717, 1.165) is 86.9 Å². The van der Waals surface area contributed by atoms with E-state index in [4.69, 9.17) is 29.9 Å². The van der Waals surface area contributed by atoms with Crippen LogP contribution in [-0.2, 0) is 16.2 Å². The minimum absolute atomic E-state index is 0.0304. The normalized spacial score (nSPS) is 12.9. The second-order valence-electron chi connectivity index (χ2n) is 22.3. The van der Waals surface area contributed by atoms with Gasteiger partial charge >= 0.3 is 0 Å². The third kappa shape index (κ3) is 6.65. The molecule has 9 heteroatoms. The van der Waals surface area contributed by atoms with Crippen molar-refractivity contribution in [1.82, 2.24) is 39.9 Å². The van der Waals surface area contributed by atoms with Crippen LogP contribution < -0.4 is 0 Å². The highest BCUT2D eigenvalue weighted by molar-refractivity contribution is 6.13. The molecule has 0 amide bonds. The van der Waals surface area contributed by atoms with Crippen molar-refractivity contribution >= 4 is 87.2 Å². The number of aromatic nitrogens is 8. The van der Waals surface area contributed by atoms with Gasteiger partial charge in [0.15, 0.2) is 23.3 Å². The zero-order valence-electron chi connectivity index (χ0n) is 40.7. The highest BCUT2D eigenvalue weighted by atomic mass is 15.1. The second-order valence-corrected chi connectivity index (χ2v) is 22.3. The van der Waals surface area contributed by atoms with Gasteiger partial charge < -0.3 is 9.97 Å². The Morgan fingerprint density at radius 2 is 0.614 bits per heavy atom. The van der Waals surface area contributed by atoms with Gasteiger partial charge in [-0.2, -0.15) is 5.26 Å². The van der Waals surface area contributed by atoms with E-state index < -0.39 is 0 Å². The minimum Gasteiger partial charge on any atom is -0.324 e. The summed E-state index contributed by atoms with van der Waals surface area (Å²) in [5.41, 5.74) is 10.3. The van der Waals surface area contributed by atoms with Crippen LogP contribution in [0.5, 0.6) is 0 Å². The molecule has 8 aromatic carbocycles. The van der Waals surface area contributed by atoms with E-state index in [0.29, 0.717) is 51.4 Å². The fourth-order valence-corrected chi connectivity index (χ4v) is 10.2. The van der Waals surface area contributed by atoms with Crippen LogP contribution in [0.4, 0.5) is 0 Å². The molecule has 0 radical (unpaired) electrons. The van der Waals surface area contributed by atoms with Gasteiger partial charge in [0.2, 0.25) is 0 Å². The number of nitrogens with one attached hydrogen (secondary N) is 2. The average Bonchev–Trinajstić information content (AvgIpc) is 4.04. The minimum atomic E-state index is -0.0364. The van der Waals surface area contributed by atoms with Crippen LogP contribution >= 0.6 is 0 Å². The topological polar surface area (TPSA) is 133 Å². The van der Waals surface area contributed by atoms with E-state index in [1.165, 1.54) is 16.7 Å². The Hall–Kier alpha value is -8.35. The molecule has 0 saturated carbocycles. The van der Waals surface area contributed by atoms with Crippen molar-refractivity contribution in [2.45, 2.75) is 78.6 Å². The molecule has 13 rings (SSSR count). The molecule has 3 aromatic heterocycles. The van der Waals surface area contributed by atoms with Gasteiger partial charge in [0.1, 0.15) is 22.6 Å². The first-order valence-electron chi connectivity index (χ1n) is 24.0. The molecule has 8 bridgehead atoms. The Bertz CT molecular complexity index is 4340. The van der Waals surface area contributed by atoms with Crippen LogP contribution in [0, 0.1) is 11.3 Å². The third-order valence-electron chi connectivity index (χ3n) is 14.4. The Morgan fingerprint density at radius 1 is 0.329 bits per heavy atom. The number of H-pyrrole nitrogens is 2. The number of nitrogens with zero attached hydrogens (tertiary/aromatic N) is 7. The summed E-state index contributed by atoms with van der Waals surface area (Å²) in [5, 5.41) is 22.0. The summed E-state index contributed by atoms with van der Waals surface area (Å²) >= 11 is 0. The Kier molecular flexibility index (Phi) is 8.57. The van der Waals surface area contributed by atoms with Crippen molar-refractivity contribution in [2.24, 2.45) is 0 Å². The summed E-state index contributed by atoms with van der Waals surface area (Å²) < 4.78 is 0. The number of nitriles is 1. The Morgan fingerprint density at radius 3 is 0.957 bits per heavy atom. The van der Waals surface area contributed by atoms with E-state index >= 15 is 0 Å². The number of rotatable bonds is 0. The molecule has 9 nitrogen and oxygen atoms in total. The smallest absolute Gasteiger partial charge is 0.164 e. The summed E-state index contributed by atoms with van der Waals surface area (Å²) in [6, 6.07) is 45.6. The van der Waals surface area contributed by atoms with E-state index in [1.807, 2.05) is 18.2 Å². The lowest BCUT2D eigenvalue weighted by Crippen LogP contribution is -2.10. The molecule has 0 aliphatic carbocycles. The van der Waals surface area contributed by atoms with Crippen LogP contribution in [-0.4, -0.2) is 39.9 Å². The van der Waals surface area contributed by atoms with Gasteiger partial charge in [0.05, 0.1) is 11.6 Å². The van der Waals surface area contributed by atoms with E-state index in [-0.39, 0.29) is 16.2 Å². The lowest BCUT2D eigenvalue weighted by Gasteiger charge is -2.19. The number of benzene rings is 8. The van der Waals surface area contributed by atoms with Crippen LogP contribution in [0.15, 0.2) is 121 Å². The van der Waals surface area contributed by atoms with Crippen LogP contribution in [0.2, 0.25) is 0 Å². The first-order chi connectivity index (χ1) is 33.4. The number of hydrogen-bond acceptors (Lipinski definition) is 7. The van der Waals surface area contributed by atoms with Gasteiger partial charge in [-0.05, 0) is 137 Å². The van der Waals surface area contributed by atoms with Gasteiger partial charge in [-0.25, -0.2) is 29.9 Å². The fraction of sp³-hybridized carbons (Fsp3) is 0.197. The van der Waals surface area contributed by atoms with Gasteiger partial charge in [-0.1, -0.05) is 123 Å². The number of fused-ring (bicyclic) bond motifs is 24. The lowest BCUT2D eigenvalue weighted by molar-refractivity contribution is 0.591. The average molecular weight is 908 g/mol. The quantitative estimate of drug-likeness (QED) is 0.155. The van der Waals surface area contributed by atoms with Gasteiger partial charge in [0, 0.05) is 43.8 Å². The summed E-state index contributed by atoms with van der Waals surface area (Å²) in [7, 11) is 0. The van der Waals surface area contributed by atoms with Crippen molar-refractivity contribution in [3.8, 4) is 51.6 Å². The maximum atomic E-state index is 9.89. The third-order valence-corrected chi connectivity index (χ3v) is 14.4. The monoisotopic (exact) mass is 907 g/mol. The van der Waals surface area contributed by atoms with Crippen molar-refractivity contribution < 1.29 is 0 Å². The van der Waals surface area contributed by atoms with Gasteiger partial charge in [0.25, 0.3) is 0 Å². The van der Waals surface area contributed by atoms with Crippen molar-refractivity contribution in [1.29, 1.82) is 5.26 Å². The highest BCUT2D eigenvalue weighted by Gasteiger charge is 2.26. The summed E-state index contributed by atoms with van der Waals surface area (Å²) in [6.45, 7) is 20.2. The Balaban J connectivity index is 1.19. The molecule has 338 valence electrons. The fourth-order valence-electron chi connectivity index (χ4n) is 10.2. The maximum Gasteiger partial charge on any atom is 0.164 e. The molecule has 0 atom stereocenters. The first-order valence-corrected chi connectivity index (χ1v) is 24.0. The molecule has 2 aliphatic rings. The molecule has 0 fully saturated rings. The molecular formula is C61H49N9. The van der Waals surface area contributed by atoms with Crippen LogP contribution in [0.3, 0.4) is 0 Å². The summed E-state index contributed by atoms with van der Waals surface area (Å²) in [5.74, 6) is 2.17. The summed E-state index contributed by atoms with van der Waals surface area (Å²) in [6.07, 6.45) is 0. The van der Waals surface area contributed by atoms with Gasteiger partial charge in [-0.3, -0.25) is 0 Å². The van der Waals surface area contributed by atoms with Crippen molar-refractivity contribution in [3.63, 3.8) is 0 Å². The molecule has 0 saturated heterocycles. The maximum absolute atomic E-state index is 9.89. The molecule has 2 N–H and O–H groups in total. The van der Waals surface area contributed by atoms with Crippen molar-refractivity contribution in [3.05, 3.63) is 144 Å². The molecular weight excluding hydrogens is 859 g/mol. The van der Waals surface area contributed by atoms with Crippen LogP contribution in [0.25, 0.3) is 133 Å². The zero-order chi connectivity index (χ0) is 48.2.